The van der Waals surface area contributed by atoms with Crippen LogP contribution in [0.25, 0.3) is 5.65 Å². The molecule has 3 rings (SSSR count). The molecule has 114 valence electrons. The van der Waals surface area contributed by atoms with Crippen LogP contribution >= 0.6 is 0 Å². The molecule has 1 aliphatic heterocycles. The Labute approximate surface area is 120 Å². The lowest BCUT2D eigenvalue weighted by atomic mass is 10.1. The molecule has 3 heterocycles. The van der Waals surface area contributed by atoms with Crippen LogP contribution in [-0.2, 0) is 12.7 Å². The van der Waals surface area contributed by atoms with Crippen molar-refractivity contribution in [3.8, 4) is 0 Å². The van der Waals surface area contributed by atoms with E-state index in [1.54, 1.807) is 12.4 Å². The number of nitrogens with zero attached hydrogens (tertiary/aromatic N) is 3. The maximum atomic E-state index is 13.0. The van der Waals surface area contributed by atoms with Crippen LogP contribution in [0, 0.1) is 0 Å². The van der Waals surface area contributed by atoms with Crippen molar-refractivity contribution < 1.29 is 13.2 Å². The molecule has 0 amide bonds. The van der Waals surface area contributed by atoms with E-state index < -0.39 is 11.7 Å². The summed E-state index contributed by atoms with van der Waals surface area (Å²) in [6.07, 6.45) is 0.706. The van der Waals surface area contributed by atoms with E-state index in [9.17, 15) is 13.2 Å². The molecule has 0 saturated carbocycles. The minimum atomic E-state index is -4.39. The number of hydrogen-bond donors (Lipinski definition) is 1. The van der Waals surface area contributed by atoms with E-state index >= 15 is 0 Å². The lowest BCUT2D eigenvalue weighted by Crippen LogP contribution is -2.39. The second-order valence-corrected chi connectivity index (χ2v) is 5.50. The molecule has 1 saturated heterocycles. The number of aromatic nitrogens is 2. The van der Waals surface area contributed by atoms with Gasteiger partial charge in [0.05, 0.1) is 11.3 Å². The molecule has 0 bridgehead atoms. The molecule has 1 fully saturated rings. The normalized spacial score (nSPS) is 18.5. The monoisotopic (exact) mass is 298 g/mol. The highest BCUT2D eigenvalue weighted by molar-refractivity contribution is 5.50. The number of halogens is 3. The average Bonchev–Trinajstić information content (AvgIpc) is 2.82. The quantitative estimate of drug-likeness (QED) is 0.925. The molecule has 2 N–H and O–H groups in total. The summed E-state index contributed by atoms with van der Waals surface area (Å²) in [5.74, 6) is 0. The summed E-state index contributed by atoms with van der Waals surface area (Å²) in [6.45, 7) is 2.29. The molecule has 7 heteroatoms. The first-order valence-corrected chi connectivity index (χ1v) is 6.95. The Morgan fingerprint density at radius 2 is 2.00 bits per heavy atom. The maximum Gasteiger partial charge on any atom is 0.419 e. The molecular formula is C14H17F3N4. The van der Waals surface area contributed by atoms with Crippen LogP contribution in [0.1, 0.15) is 24.1 Å². The van der Waals surface area contributed by atoms with Gasteiger partial charge < -0.3 is 10.1 Å². The predicted molar refractivity (Wildman–Crippen MR) is 72.7 cm³/mol. The molecule has 2 aromatic heterocycles. The van der Waals surface area contributed by atoms with Gasteiger partial charge in [-0.25, -0.2) is 4.98 Å². The first-order valence-electron chi connectivity index (χ1n) is 6.95. The first kappa shape index (κ1) is 14.3. The van der Waals surface area contributed by atoms with Gasteiger partial charge in [0.1, 0.15) is 5.65 Å². The number of pyridine rings is 1. The second kappa shape index (κ2) is 5.31. The fourth-order valence-electron chi connectivity index (χ4n) is 2.70. The zero-order valence-corrected chi connectivity index (χ0v) is 11.5. The van der Waals surface area contributed by atoms with E-state index in [0.29, 0.717) is 12.2 Å². The summed E-state index contributed by atoms with van der Waals surface area (Å²) in [6, 6.07) is 2.69. The van der Waals surface area contributed by atoms with Crippen LogP contribution in [0.5, 0.6) is 0 Å². The van der Waals surface area contributed by atoms with E-state index in [-0.39, 0.29) is 11.7 Å². The number of rotatable bonds is 2. The Bertz CT molecular complexity index is 627. The number of piperidine rings is 1. The Morgan fingerprint density at radius 3 is 2.67 bits per heavy atom. The molecule has 21 heavy (non-hydrogen) atoms. The maximum absolute atomic E-state index is 13.0. The van der Waals surface area contributed by atoms with Crippen molar-refractivity contribution in [1.82, 2.24) is 14.3 Å². The summed E-state index contributed by atoms with van der Waals surface area (Å²) < 4.78 is 40.3. The van der Waals surface area contributed by atoms with Crippen LogP contribution in [-0.4, -0.2) is 33.4 Å². The van der Waals surface area contributed by atoms with Crippen molar-refractivity contribution in [2.75, 3.05) is 13.1 Å². The number of hydrogen-bond acceptors (Lipinski definition) is 3. The topological polar surface area (TPSA) is 46.6 Å². The van der Waals surface area contributed by atoms with Crippen molar-refractivity contribution in [2.45, 2.75) is 31.6 Å². The minimum Gasteiger partial charge on any atom is -0.328 e. The van der Waals surface area contributed by atoms with Crippen LogP contribution < -0.4 is 5.73 Å². The number of likely N-dealkylation sites (tertiary alicyclic amines) is 1. The highest BCUT2D eigenvalue weighted by atomic mass is 19.4. The van der Waals surface area contributed by atoms with Crippen molar-refractivity contribution in [2.24, 2.45) is 5.73 Å². The smallest absolute Gasteiger partial charge is 0.328 e. The molecule has 0 unspecified atom stereocenters. The van der Waals surface area contributed by atoms with E-state index in [1.807, 2.05) is 0 Å². The second-order valence-electron chi connectivity index (χ2n) is 5.50. The van der Waals surface area contributed by atoms with Crippen LogP contribution in [0.2, 0.25) is 0 Å². The SMILES string of the molecule is NC1CCN(Cc2cn3cccc(C(F)(F)F)c3n2)CC1. The molecule has 0 atom stereocenters. The van der Waals surface area contributed by atoms with Gasteiger partial charge in [-0.15, -0.1) is 0 Å². The highest BCUT2D eigenvalue weighted by Gasteiger charge is 2.33. The predicted octanol–water partition coefficient (Wildman–Crippen LogP) is 2.28. The third-order valence-corrected chi connectivity index (χ3v) is 3.86. The number of imidazole rings is 1. The number of nitrogens with two attached hydrogens (primary N) is 1. The largest absolute Gasteiger partial charge is 0.419 e. The molecule has 1 aliphatic rings. The first-order chi connectivity index (χ1) is 9.93. The van der Waals surface area contributed by atoms with Gasteiger partial charge in [0, 0.05) is 38.1 Å². The van der Waals surface area contributed by atoms with E-state index in [4.69, 9.17) is 5.73 Å². The Balaban J connectivity index is 1.84. The van der Waals surface area contributed by atoms with Gasteiger partial charge in [-0.1, -0.05) is 0 Å². The summed E-state index contributed by atoms with van der Waals surface area (Å²) in [5.41, 5.74) is 5.77. The zero-order chi connectivity index (χ0) is 15.0. The lowest BCUT2D eigenvalue weighted by Gasteiger charge is -2.29. The van der Waals surface area contributed by atoms with E-state index in [1.165, 1.54) is 10.5 Å². The molecule has 4 nitrogen and oxygen atoms in total. The Morgan fingerprint density at radius 1 is 1.29 bits per heavy atom. The fourth-order valence-corrected chi connectivity index (χ4v) is 2.70. The minimum absolute atomic E-state index is 0.0336. The molecule has 0 radical (unpaired) electrons. The van der Waals surface area contributed by atoms with E-state index in [2.05, 4.69) is 9.88 Å². The third kappa shape index (κ3) is 3.03. The van der Waals surface area contributed by atoms with Crippen molar-refractivity contribution >= 4 is 5.65 Å². The van der Waals surface area contributed by atoms with Gasteiger partial charge >= 0.3 is 6.18 Å². The summed E-state index contributed by atoms with van der Waals surface area (Å²) in [4.78, 5) is 6.34. The molecule has 0 aromatic carbocycles. The van der Waals surface area contributed by atoms with E-state index in [0.717, 1.165) is 32.0 Å². The van der Waals surface area contributed by atoms with Crippen LogP contribution in [0.3, 0.4) is 0 Å². The van der Waals surface area contributed by atoms with Crippen LogP contribution in [0.4, 0.5) is 13.2 Å². The van der Waals surface area contributed by atoms with Crippen molar-refractivity contribution in [3.05, 3.63) is 35.8 Å². The van der Waals surface area contributed by atoms with Gasteiger partial charge in [0.2, 0.25) is 0 Å². The number of alkyl halides is 3. The van der Waals surface area contributed by atoms with Crippen molar-refractivity contribution in [1.29, 1.82) is 0 Å². The van der Waals surface area contributed by atoms with Gasteiger partial charge in [0.15, 0.2) is 0 Å². The summed E-state index contributed by atoms with van der Waals surface area (Å²) in [5, 5.41) is 0. The summed E-state index contributed by atoms with van der Waals surface area (Å²) >= 11 is 0. The van der Waals surface area contributed by atoms with Gasteiger partial charge in [0.25, 0.3) is 0 Å². The van der Waals surface area contributed by atoms with Crippen molar-refractivity contribution in [3.63, 3.8) is 0 Å². The van der Waals surface area contributed by atoms with Gasteiger partial charge in [-0.2, -0.15) is 13.2 Å². The fraction of sp³-hybridized carbons (Fsp3) is 0.500. The van der Waals surface area contributed by atoms with Crippen LogP contribution in [0.15, 0.2) is 24.5 Å². The van der Waals surface area contributed by atoms with Gasteiger partial charge in [-0.05, 0) is 25.0 Å². The molecule has 2 aromatic rings. The van der Waals surface area contributed by atoms with Gasteiger partial charge in [-0.3, -0.25) is 4.90 Å². The number of fused-ring (bicyclic) bond motifs is 1. The Kier molecular flexibility index (Phi) is 3.62. The lowest BCUT2D eigenvalue weighted by molar-refractivity contribution is -0.136. The molecule has 0 aliphatic carbocycles. The average molecular weight is 298 g/mol. The molecular weight excluding hydrogens is 281 g/mol. The summed E-state index contributed by atoms with van der Waals surface area (Å²) in [7, 11) is 0. The standard InChI is InChI=1S/C14H17F3N4/c15-14(16,17)12-2-1-5-21-9-11(19-13(12)21)8-20-6-3-10(18)4-7-20/h1-2,5,9-10H,3-4,6-8,18H2. The third-order valence-electron chi connectivity index (χ3n) is 3.86. The zero-order valence-electron chi connectivity index (χ0n) is 11.5. The molecule has 0 spiro atoms. The Hall–Kier alpha value is -1.60. The highest BCUT2D eigenvalue weighted by Crippen LogP contribution is 2.32.